The van der Waals surface area contributed by atoms with Gasteiger partial charge in [-0.15, -0.1) is 0 Å². The molecule has 0 aliphatic heterocycles. The molecule has 3 aromatic carbocycles. The molecule has 0 saturated carbocycles. The monoisotopic (exact) mass is 345 g/mol. The summed E-state index contributed by atoms with van der Waals surface area (Å²) in [6.45, 7) is 2.14. The van der Waals surface area contributed by atoms with Crippen LogP contribution < -0.4 is 0 Å². The minimum atomic E-state index is -1.16. The number of likely N-dealkylation sites (N-methyl/N-ethyl adjacent to an activating group) is 1. The Bertz CT molecular complexity index is 775. The molecule has 0 fully saturated rings. The van der Waals surface area contributed by atoms with Gasteiger partial charge in [0.2, 0.25) is 0 Å². The van der Waals surface area contributed by atoms with Gasteiger partial charge in [-0.05, 0) is 44.1 Å². The maximum absolute atomic E-state index is 12.3. The highest BCUT2D eigenvalue weighted by molar-refractivity contribution is 5.41. The second-order valence-electron chi connectivity index (χ2n) is 7.27. The second-order valence-corrected chi connectivity index (χ2v) is 7.27. The van der Waals surface area contributed by atoms with E-state index < -0.39 is 11.1 Å². The van der Waals surface area contributed by atoms with Crippen molar-refractivity contribution in [1.29, 1.82) is 0 Å². The van der Waals surface area contributed by atoms with E-state index in [4.69, 9.17) is 0 Å². The second kappa shape index (κ2) is 7.45. The molecule has 1 atom stereocenters. The molecule has 0 bridgehead atoms. The molecule has 0 saturated heterocycles. The van der Waals surface area contributed by atoms with Crippen molar-refractivity contribution in [2.75, 3.05) is 14.1 Å². The maximum Gasteiger partial charge on any atom is 0.133 e. The van der Waals surface area contributed by atoms with Gasteiger partial charge in [-0.2, -0.15) is 0 Å². The van der Waals surface area contributed by atoms with Crippen LogP contribution in [-0.4, -0.2) is 29.6 Å². The molecule has 0 amide bonds. The van der Waals surface area contributed by atoms with Gasteiger partial charge in [0.15, 0.2) is 0 Å². The highest BCUT2D eigenvalue weighted by atomic mass is 16.3. The van der Waals surface area contributed by atoms with E-state index in [-0.39, 0.29) is 0 Å². The fourth-order valence-corrected chi connectivity index (χ4v) is 3.75. The SMILES string of the molecule is CN(C)[C@@](C)(Cc1ccccc1)C(O)(c1ccccc1)c1ccccc1. The summed E-state index contributed by atoms with van der Waals surface area (Å²) >= 11 is 0. The predicted octanol–water partition coefficient (Wildman–Crippen LogP) is 4.49. The van der Waals surface area contributed by atoms with Gasteiger partial charge >= 0.3 is 0 Å². The fourth-order valence-electron chi connectivity index (χ4n) is 3.75. The number of nitrogens with zero attached hydrogens (tertiary/aromatic N) is 1. The Morgan fingerprint density at radius 1 is 0.692 bits per heavy atom. The number of hydrogen-bond acceptors (Lipinski definition) is 2. The lowest BCUT2D eigenvalue weighted by atomic mass is 9.68. The van der Waals surface area contributed by atoms with Gasteiger partial charge in [-0.25, -0.2) is 0 Å². The van der Waals surface area contributed by atoms with Crippen LogP contribution in [0, 0.1) is 0 Å². The smallest absolute Gasteiger partial charge is 0.133 e. The van der Waals surface area contributed by atoms with Gasteiger partial charge in [-0.3, -0.25) is 0 Å². The zero-order valence-electron chi connectivity index (χ0n) is 15.8. The number of aliphatic hydroxyl groups is 1. The van der Waals surface area contributed by atoms with E-state index in [1.165, 1.54) is 5.56 Å². The van der Waals surface area contributed by atoms with E-state index >= 15 is 0 Å². The fraction of sp³-hybridized carbons (Fsp3) is 0.250. The van der Waals surface area contributed by atoms with E-state index in [1.807, 2.05) is 80.8 Å². The van der Waals surface area contributed by atoms with Crippen molar-refractivity contribution in [2.45, 2.75) is 24.5 Å². The largest absolute Gasteiger partial charge is 0.378 e. The molecule has 1 N–H and O–H groups in total. The lowest BCUT2D eigenvalue weighted by Gasteiger charge is -2.50. The van der Waals surface area contributed by atoms with Crippen molar-refractivity contribution in [3.63, 3.8) is 0 Å². The van der Waals surface area contributed by atoms with Crippen molar-refractivity contribution < 1.29 is 5.11 Å². The molecule has 0 aliphatic carbocycles. The molecular formula is C24H27NO. The average Bonchev–Trinajstić information content (AvgIpc) is 2.69. The summed E-state index contributed by atoms with van der Waals surface area (Å²) in [6, 6.07) is 30.4. The third kappa shape index (κ3) is 3.18. The molecule has 0 aromatic heterocycles. The van der Waals surface area contributed by atoms with Crippen LogP contribution >= 0.6 is 0 Å². The molecule has 134 valence electrons. The van der Waals surface area contributed by atoms with Crippen LogP contribution in [0.4, 0.5) is 0 Å². The van der Waals surface area contributed by atoms with E-state index in [0.29, 0.717) is 0 Å². The summed E-state index contributed by atoms with van der Waals surface area (Å²) in [5.74, 6) is 0. The highest BCUT2D eigenvalue weighted by Crippen LogP contribution is 2.43. The van der Waals surface area contributed by atoms with E-state index in [2.05, 4.69) is 36.1 Å². The summed E-state index contributed by atoms with van der Waals surface area (Å²) in [4.78, 5) is 2.14. The summed E-state index contributed by atoms with van der Waals surface area (Å²) in [5.41, 5.74) is 1.30. The van der Waals surface area contributed by atoms with Gasteiger partial charge in [0, 0.05) is 0 Å². The van der Waals surface area contributed by atoms with E-state index in [1.54, 1.807) is 0 Å². The Balaban J connectivity index is 2.21. The van der Waals surface area contributed by atoms with E-state index in [9.17, 15) is 5.11 Å². The van der Waals surface area contributed by atoms with Crippen molar-refractivity contribution >= 4 is 0 Å². The Morgan fingerprint density at radius 3 is 1.46 bits per heavy atom. The lowest BCUT2D eigenvalue weighted by Crippen LogP contribution is -2.60. The zero-order valence-corrected chi connectivity index (χ0v) is 15.8. The first-order valence-electron chi connectivity index (χ1n) is 9.03. The lowest BCUT2D eigenvalue weighted by molar-refractivity contribution is -0.0659. The highest BCUT2D eigenvalue weighted by Gasteiger charge is 2.50. The van der Waals surface area contributed by atoms with Crippen molar-refractivity contribution in [3.05, 3.63) is 108 Å². The molecule has 26 heavy (non-hydrogen) atoms. The molecule has 0 heterocycles. The minimum Gasteiger partial charge on any atom is -0.378 e. The summed E-state index contributed by atoms with van der Waals surface area (Å²) in [5, 5.41) is 12.3. The van der Waals surface area contributed by atoms with Crippen molar-refractivity contribution in [2.24, 2.45) is 0 Å². The third-order valence-corrected chi connectivity index (χ3v) is 5.54. The minimum absolute atomic E-state index is 0.545. The Kier molecular flexibility index (Phi) is 5.26. The number of rotatable bonds is 6. The molecule has 0 unspecified atom stereocenters. The predicted molar refractivity (Wildman–Crippen MR) is 108 cm³/mol. The van der Waals surface area contributed by atoms with Crippen LogP contribution in [-0.2, 0) is 12.0 Å². The quantitative estimate of drug-likeness (QED) is 0.712. The van der Waals surface area contributed by atoms with Crippen LogP contribution in [0.5, 0.6) is 0 Å². The van der Waals surface area contributed by atoms with Crippen LogP contribution in [0.15, 0.2) is 91.0 Å². The molecule has 0 aliphatic rings. The molecule has 0 radical (unpaired) electrons. The Hall–Kier alpha value is -2.42. The molecule has 2 nitrogen and oxygen atoms in total. The molecule has 3 aromatic rings. The zero-order chi connectivity index (χ0) is 18.6. The van der Waals surface area contributed by atoms with Crippen LogP contribution in [0.25, 0.3) is 0 Å². The first kappa shape index (κ1) is 18.4. The molecule has 0 spiro atoms. The Labute approximate surface area is 156 Å². The van der Waals surface area contributed by atoms with Crippen LogP contribution in [0.3, 0.4) is 0 Å². The molecule has 3 rings (SSSR count). The number of hydrogen-bond donors (Lipinski definition) is 1. The summed E-state index contributed by atoms with van der Waals surface area (Å²) in [7, 11) is 4.08. The molecular weight excluding hydrogens is 318 g/mol. The maximum atomic E-state index is 12.3. The first-order valence-corrected chi connectivity index (χ1v) is 9.03. The van der Waals surface area contributed by atoms with Gasteiger partial charge in [-0.1, -0.05) is 91.0 Å². The third-order valence-electron chi connectivity index (χ3n) is 5.54. The number of benzene rings is 3. The van der Waals surface area contributed by atoms with Crippen LogP contribution in [0.1, 0.15) is 23.6 Å². The first-order chi connectivity index (χ1) is 12.5. The molecule has 2 heteroatoms. The average molecular weight is 345 g/mol. The Morgan fingerprint density at radius 2 is 1.08 bits per heavy atom. The summed E-state index contributed by atoms with van der Waals surface area (Å²) < 4.78 is 0. The topological polar surface area (TPSA) is 23.5 Å². The van der Waals surface area contributed by atoms with Crippen molar-refractivity contribution in [3.8, 4) is 0 Å². The normalized spacial score (nSPS) is 14.2. The van der Waals surface area contributed by atoms with Crippen molar-refractivity contribution in [1.82, 2.24) is 4.90 Å². The summed E-state index contributed by atoms with van der Waals surface area (Å²) in [6.07, 6.45) is 0.723. The van der Waals surface area contributed by atoms with Gasteiger partial charge < -0.3 is 10.0 Å². The van der Waals surface area contributed by atoms with Gasteiger partial charge in [0.05, 0.1) is 5.54 Å². The van der Waals surface area contributed by atoms with Gasteiger partial charge in [0.25, 0.3) is 0 Å². The van der Waals surface area contributed by atoms with E-state index in [0.717, 1.165) is 17.5 Å². The standard InChI is InChI=1S/C24H27NO/c1-23(25(2)3,19-20-13-7-4-8-14-20)24(26,21-15-9-5-10-16-21)22-17-11-6-12-18-22/h4-18,26H,19H2,1-3H3/t23-/m0/s1. The van der Waals surface area contributed by atoms with Crippen LogP contribution in [0.2, 0.25) is 0 Å². The van der Waals surface area contributed by atoms with Gasteiger partial charge in [0.1, 0.15) is 5.60 Å².